The Balaban J connectivity index is 0.874. The van der Waals surface area contributed by atoms with Gasteiger partial charge in [0.1, 0.15) is 0 Å². The Kier molecular flexibility index (Phi) is 11.3. The molecule has 0 bridgehead atoms. The highest BCUT2D eigenvalue weighted by atomic mass is 15.0. The lowest BCUT2D eigenvalue weighted by molar-refractivity contribution is 0.864. The molecule has 0 saturated heterocycles. The van der Waals surface area contributed by atoms with E-state index >= 15 is 0 Å². The van der Waals surface area contributed by atoms with Gasteiger partial charge in [0.05, 0.1) is 33.1 Å². The van der Waals surface area contributed by atoms with Gasteiger partial charge in [-0.1, -0.05) is 204 Å². The molecule has 0 atom stereocenters. The minimum atomic E-state index is 0.436. The average Bonchev–Trinajstić information content (AvgIpc) is 2.38. The lowest BCUT2D eigenvalue weighted by Gasteiger charge is -2.18. The fourth-order valence-electron chi connectivity index (χ4n) is 13.7. The number of benzene rings is 13. The number of hydrogen-bond donors (Lipinski definition) is 0. The van der Waals surface area contributed by atoms with Crippen LogP contribution in [0.1, 0.15) is 50.7 Å². The fourth-order valence-corrected chi connectivity index (χ4v) is 13.7. The summed E-state index contributed by atoms with van der Waals surface area (Å²) < 4.78 is 7.35. The van der Waals surface area contributed by atoms with Crippen molar-refractivity contribution in [2.45, 2.75) is 39.5 Å². The molecule has 0 radical (unpaired) electrons. The SMILES string of the molecule is CC(C)c1cccc(-n2c3ccccc3c3cc(-c4ccc5c(c4)c4cc(-c6ccc7c(c6)c6ccccc6n7-c6cccc(C(C)C)c6)ccc4n5-c4ccc(-c5c6ccccc6c(-c6ccccc6)c6ccccc56)cc4)ccc32)c1. The van der Waals surface area contributed by atoms with Crippen LogP contribution in [0, 0.1) is 0 Å². The van der Waals surface area contributed by atoms with E-state index in [9.17, 15) is 0 Å². The number of nitrogens with zero attached hydrogens (tertiary/aromatic N) is 3. The molecule has 0 N–H and O–H groups in total. The van der Waals surface area contributed by atoms with Gasteiger partial charge in [0, 0.05) is 49.4 Å². The zero-order valence-corrected chi connectivity index (χ0v) is 47.0. The summed E-state index contributed by atoms with van der Waals surface area (Å²) in [6.07, 6.45) is 0. The molecular formula is C80H59N3. The molecule has 0 amide bonds. The third-order valence-electron chi connectivity index (χ3n) is 17.8. The molecule has 394 valence electrons. The van der Waals surface area contributed by atoms with E-state index in [1.54, 1.807) is 0 Å². The van der Waals surface area contributed by atoms with Crippen LogP contribution >= 0.6 is 0 Å². The van der Waals surface area contributed by atoms with Crippen LogP contribution in [0.5, 0.6) is 0 Å². The Morgan fingerprint density at radius 1 is 0.205 bits per heavy atom. The smallest absolute Gasteiger partial charge is 0.0541 e. The van der Waals surface area contributed by atoms with Gasteiger partial charge >= 0.3 is 0 Å². The Labute approximate surface area is 483 Å². The molecular weight excluding hydrogens is 1000 g/mol. The Hall–Kier alpha value is -10.2. The molecule has 0 aliphatic rings. The van der Waals surface area contributed by atoms with Gasteiger partial charge in [-0.05, 0) is 186 Å². The molecule has 13 aromatic carbocycles. The van der Waals surface area contributed by atoms with Crippen molar-refractivity contribution in [2.75, 3.05) is 0 Å². The number of aromatic nitrogens is 3. The minimum absolute atomic E-state index is 0.436. The zero-order valence-electron chi connectivity index (χ0n) is 47.0. The highest BCUT2D eigenvalue weighted by molar-refractivity contribution is 6.22. The lowest BCUT2D eigenvalue weighted by Crippen LogP contribution is -1.96. The van der Waals surface area contributed by atoms with Crippen molar-refractivity contribution < 1.29 is 0 Å². The van der Waals surface area contributed by atoms with Crippen LogP contribution in [0.2, 0.25) is 0 Å². The first-order chi connectivity index (χ1) is 40.8. The van der Waals surface area contributed by atoms with Crippen molar-refractivity contribution >= 4 is 87.0 Å². The monoisotopic (exact) mass is 1060 g/mol. The van der Waals surface area contributed by atoms with Crippen molar-refractivity contribution in [2.24, 2.45) is 0 Å². The normalized spacial score (nSPS) is 12.1. The van der Waals surface area contributed by atoms with E-state index in [-0.39, 0.29) is 0 Å². The highest BCUT2D eigenvalue weighted by Gasteiger charge is 2.21. The largest absolute Gasteiger partial charge is 0.309 e. The van der Waals surface area contributed by atoms with Crippen molar-refractivity contribution in [3.8, 4) is 61.6 Å². The van der Waals surface area contributed by atoms with Crippen LogP contribution in [0.3, 0.4) is 0 Å². The molecule has 0 saturated carbocycles. The lowest BCUT2D eigenvalue weighted by atomic mass is 9.86. The molecule has 3 aromatic heterocycles. The topological polar surface area (TPSA) is 14.8 Å². The summed E-state index contributed by atoms with van der Waals surface area (Å²) in [4.78, 5) is 0. The molecule has 16 aromatic rings. The predicted octanol–water partition coefficient (Wildman–Crippen LogP) is 22.2. The van der Waals surface area contributed by atoms with Crippen LogP contribution in [0.15, 0.2) is 273 Å². The summed E-state index contributed by atoms with van der Waals surface area (Å²) in [5, 5.41) is 12.4. The van der Waals surface area contributed by atoms with E-state index in [0.29, 0.717) is 11.8 Å². The van der Waals surface area contributed by atoms with E-state index in [4.69, 9.17) is 0 Å². The minimum Gasteiger partial charge on any atom is -0.309 e. The number of fused-ring (bicyclic) bond motifs is 11. The van der Waals surface area contributed by atoms with Crippen molar-refractivity contribution in [1.82, 2.24) is 13.7 Å². The maximum absolute atomic E-state index is 2.47. The van der Waals surface area contributed by atoms with Crippen molar-refractivity contribution in [3.63, 3.8) is 0 Å². The van der Waals surface area contributed by atoms with Crippen LogP contribution < -0.4 is 0 Å². The third kappa shape index (κ3) is 7.79. The summed E-state index contributed by atoms with van der Waals surface area (Å²) in [6.45, 7) is 9.08. The Morgan fingerprint density at radius 3 is 0.892 bits per heavy atom. The van der Waals surface area contributed by atoms with Crippen LogP contribution in [0.4, 0.5) is 0 Å². The van der Waals surface area contributed by atoms with Gasteiger partial charge in [0.2, 0.25) is 0 Å². The molecule has 83 heavy (non-hydrogen) atoms. The molecule has 3 heteroatoms. The van der Waals surface area contributed by atoms with Gasteiger partial charge in [-0.25, -0.2) is 0 Å². The number of rotatable bonds is 9. The zero-order chi connectivity index (χ0) is 55.4. The summed E-state index contributed by atoms with van der Waals surface area (Å²) in [7, 11) is 0. The average molecular weight is 1060 g/mol. The van der Waals surface area contributed by atoms with E-state index < -0.39 is 0 Å². The van der Waals surface area contributed by atoms with Gasteiger partial charge in [-0.15, -0.1) is 0 Å². The van der Waals surface area contributed by atoms with Crippen LogP contribution in [-0.2, 0) is 0 Å². The summed E-state index contributed by atoms with van der Waals surface area (Å²) in [6, 6.07) is 102. The van der Waals surface area contributed by atoms with Crippen molar-refractivity contribution in [3.05, 3.63) is 284 Å². The van der Waals surface area contributed by atoms with E-state index in [2.05, 4.69) is 314 Å². The summed E-state index contributed by atoms with van der Waals surface area (Å²) in [5.41, 5.74) is 23.1. The fraction of sp³-hybridized carbons (Fsp3) is 0.0750. The third-order valence-corrected chi connectivity index (χ3v) is 17.8. The highest BCUT2D eigenvalue weighted by Crippen LogP contribution is 2.46. The van der Waals surface area contributed by atoms with Crippen LogP contribution in [-0.4, -0.2) is 13.7 Å². The molecule has 16 rings (SSSR count). The quantitative estimate of drug-likeness (QED) is 0.128. The van der Waals surface area contributed by atoms with Gasteiger partial charge in [0.25, 0.3) is 0 Å². The Morgan fingerprint density at radius 2 is 0.506 bits per heavy atom. The molecule has 0 fully saturated rings. The first kappa shape index (κ1) is 48.7. The first-order valence-electron chi connectivity index (χ1n) is 29.3. The molecule has 0 aliphatic carbocycles. The second-order valence-corrected chi connectivity index (χ2v) is 23.2. The van der Waals surface area contributed by atoms with E-state index in [1.807, 2.05) is 0 Å². The summed E-state index contributed by atoms with van der Waals surface area (Å²) >= 11 is 0. The molecule has 0 spiro atoms. The molecule has 3 nitrogen and oxygen atoms in total. The molecule has 0 unspecified atom stereocenters. The second kappa shape index (κ2) is 19.2. The number of hydrogen-bond acceptors (Lipinski definition) is 0. The van der Waals surface area contributed by atoms with Gasteiger partial charge in [0.15, 0.2) is 0 Å². The maximum Gasteiger partial charge on any atom is 0.0541 e. The van der Waals surface area contributed by atoms with E-state index in [0.717, 1.165) is 5.69 Å². The number of para-hydroxylation sites is 2. The van der Waals surface area contributed by atoms with Gasteiger partial charge < -0.3 is 13.7 Å². The van der Waals surface area contributed by atoms with E-state index in [1.165, 1.54) is 154 Å². The standard InChI is InChI=1S/C80H59N3/c1-50(2)54-20-16-22-61(44-54)82-73-30-14-12-24-63(73)69-46-56(34-40-75(69)82)58-36-42-77-71(48-58)72-49-59(57-35-41-76-70(47-57)64-25-13-15-31-74(64)83(76)62-23-17-21-55(45-62)51(3)4)37-43-78(72)81(77)60-38-32-53(33-39-60)80-67-28-10-8-26-65(67)79(52-18-6-5-7-19-52)66-27-9-11-29-68(66)80/h5-51H,1-4H3. The molecule has 0 aliphatic heterocycles. The molecule has 3 heterocycles. The second-order valence-electron chi connectivity index (χ2n) is 23.2. The van der Waals surface area contributed by atoms with Gasteiger partial charge in [-0.2, -0.15) is 0 Å². The van der Waals surface area contributed by atoms with Crippen LogP contribution in [0.25, 0.3) is 149 Å². The first-order valence-corrected chi connectivity index (χ1v) is 29.3. The summed E-state index contributed by atoms with van der Waals surface area (Å²) in [5.74, 6) is 0.872. The Bertz CT molecular complexity index is 4970. The van der Waals surface area contributed by atoms with Gasteiger partial charge in [-0.3, -0.25) is 0 Å². The van der Waals surface area contributed by atoms with Crippen molar-refractivity contribution in [1.29, 1.82) is 0 Å². The maximum atomic E-state index is 2.47. The predicted molar refractivity (Wildman–Crippen MR) is 354 cm³/mol.